The number of anilines is 1. The van der Waals surface area contributed by atoms with Gasteiger partial charge in [-0.15, -0.1) is 0 Å². The highest BCUT2D eigenvalue weighted by atomic mass is 16.5. The van der Waals surface area contributed by atoms with E-state index < -0.39 is 30.4 Å². The van der Waals surface area contributed by atoms with E-state index in [2.05, 4.69) is 4.74 Å². The maximum absolute atomic E-state index is 12.2. The van der Waals surface area contributed by atoms with Gasteiger partial charge in [-0.2, -0.15) is 0 Å². The van der Waals surface area contributed by atoms with Gasteiger partial charge in [0, 0.05) is 5.69 Å². The summed E-state index contributed by atoms with van der Waals surface area (Å²) in [5.41, 5.74) is 6.84. The van der Waals surface area contributed by atoms with Crippen molar-refractivity contribution in [1.29, 1.82) is 0 Å². The molecule has 7 heteroatoms. The zero-order valence-electron chi connectivity index (χ0n) is 11.9. The average molecular weight is 294 g/mol. The number of carboxylic acids is 1. The molecule has 0 saturated carbocycles. The van der Waals surface area contributed by atoms with E-state index >= 15 is 0 Å². The zero-order chi connectivity index (χ0) is 16.0. The number of nitrogens with two attached hydrogens (primary N) is 1. The van der Waals surface area contributed by atoms with Crippen LogP contribution in [-0.2, 0) is 19.1 Å². The predicted octanol–water partition coefficient (Wildman–Crippen LogP) is 0.303. The summed E-state index contributed by atoms with van der Waals surface area (Å²) < 4.78 is 4.68. The number of esters is 1. The molecule has 1 amide bonds. The van der Waals surface area contributed by atoms with Crippen molar-refractivity contribution < 1.29 is 24.2 Å². The van der Waals surface area contributed by atoms with Gasteiger partial charge in [0.05, 0.1) is 6.61 Å². The molecule has 114 valence electrons. The molecule has 1 aromatic carbocycles. The van der Waals surface area contributed by atoms with Crippen LogP contribution in [0.1, 0.15) is 12.5 Å². The molecule has 0 fully saturated rings. The smallest absolute Gasteiger partial charge is 0.332 e. The first-order valence-corrected chi connectivity index (χ1v) is 6.38. The van der Waals surface area contributed by atoms with Crippen molar-refractivity contribution in [3.05, 3.63) is 29.8 Å². The first-order chi connectivity index (χ1) is 9.86. The van der Waals surface area contributed by atoms with Crippen LogP contribution in [0.2, 0.25) is 0 Å². The third-order valence-electron chi connectivity index (χ3n) is 2.71. The molecular weight excluding hydrogens is 276 g/mol. The first kappa shape index (κ1) is 16.6. The molecule has 1 rings (SSSR count). The molecular formula is C14H18N2O5. The molecule has 0 heterocycles. The summed E-state index contributed by atoms with van der Waals surface area (Å²) in [5, 5.41) is 8.92. The highest BCUT2D eigenvalue weighted by Gasteiger charge is 2.30. The minimum absolute atomic E-state index is 0.0866. The fourth-order valence-corrected chi connectivity index (χ4v) is 1.66. The Morgan fingerprint density at radius 1 is 1.29 bits per heavy atom. The van der Waals surface area contributed by atoms with Crippen LogP contribution in [0.5, 0.6) is 0 Å². The fraction of sp³-hybridized carbons (Fsp3) is 0.357. The molecule has 1 aromatic rings. The number of ether oxygens (including phenoxy) is 1. The quantitative estimate of drug-likeness (QED) is 0.577. The Kier molecular flexibility index (Phi) is 5.86. The Morgan fingerprint density at radius 2 is 1.86 bits per heavy atom. The van der Waals surface area contributed by atoms with E-state index in [-0.39, 0.29) is 6.61 Å². The number of hydrogen-bond acceptors (Lipinski definition) is 5. The summed E-state index contributed by atoms with van der Waals surface area (Å²) in [6.45, 7) is 2.94. The molecule has 0 bridgehead atoms. The molecule has 0 radical (unpaired) electrons. The lowest BCUT2D eigenvalue weighted by atomic mass is 10.2. The molecule has 3 N–H and O–H groups in total. The summed E-state index contributed by atoms with van der Waals surface area (Å²) >= 11 is 0. The van der Waals surface area contributed by atoms with Crippen LogP contribution >= 0.6 is 0 Å². The number of aliphatic carboxylic acids is 1. The number of nitrogens with zero attached hydrogens (tertiary/aromatic N) is 1. The lowest BCUT2D eigenvalue weighted by Gasteiger charge is -2.23. The van der Waals surface area contributed by atoms with Gasteiger partial charge in [0.2, 0.25) is 0 Å². The van der Waals surface area contributed by atoms with Gasteiger partial charge in [0.1, 0.15) is 6.54 Å². The van der Waals surface area contributed by atoms with Gasteiger partial charge in [-0.05, 0) is 26.0 Å². The van der Waals surface area contributed by atoms with Crippen LogP contribution in [0.15, 0.2) is 24.3 Å². The molecule has 0 aliphatic carbocycles. The van der Waals surface area contributed by atoms with Crippen LogP contribution in [0.4, 0.5) is 5.69 Å². The number of carboxylic acid groups (broad SMARTS) is 1. The zero-order valence-corrected chi connectivity index (χ0v) is 11.9. The van der Waals surface area contributed by atoms with Gasteiger partial charge >= 0.3 is 11.9 Å². The van der Waals surface area contributed by atoms with Gasteiger partial charge in [0.15, 0.2) is 6.04 Å². The fourth-order valence-electron chi connectivity index (χ4n) is 1.66. The SMILES string of the molecule is CCOC(=O)C(N)C(=O)N(CC(=O)O)c1ccc(C)cc1. The molecule has 7 nitrogen and oxygen atoms in total. The van der Waals surface area contributed by atoms with Crippen molar-refractivity contribution in [1.82, 2.24) is 0 Å². The Morgan fingerprint density at radius 3 is 2.33 bits per heavy atom. The van der Waals surface area contributed by atoms with E-state index in [0.29, 0.717) is 5.69 Å². The van der Waals surface area contributed by atoms with Crippen molar-refractivity contribution in [3.8, 4) is 0 Å². The van der Waals surface area contributed by atoms with E-state index in [9.17, 15) is 14.4 Å². The second-order valence-electron chi connectivity index (χ2n) is 4.38. The number of amides is 1. The Hall–Kier alpha value is -2.41. The highest BCUT2D eigenvalue weighted by Crippen LogP contribution is 2.16. The molecule has 0 spiro atoms. The average Bonchev–Trinajstić information content (AvgIpc) is 2.44. The number of aryl methyl sites for hydroxylation is 1. The number of hydrogen-bond donors (Lipinski definition) is 2. The maximum Gasteiger partial charge on any atom is 0.332 e. The summed E-state index contributed by atoms with van der Waals surface area (Å²) in [6, 6.07) is 5.09. The number of rotatable bonds is 6. The normalized spacial score (nSPS) is 11.6. The third-order valence-corrected chi connectivity index (χ3v) is 2.71. The summed E-state index contributed by atoms with van der Waals surface area (Å²) in [6.07, 6.45) is 0. The molecule has 0 aliphatic heterocycles. The lowest BCUT2D eigenvalue weighted by Crippen LogP contribution is -2.50. The van der Waals surface area contributed by atoms with Gasteiger partial charge in [-0.25, -0.2) is 4.79 Å². The molecule has 0 aliphatic rings. The standard InChI is InChI=1S/C14H18N2O5/c1-3-21-14(20)12(15)13(19)16(8-11(17)18)10-6-4-9(2)5-7-10/h4-7,12H,3,8,15H2,1-2H3,(H,17,18). The first-order valence-electron chi connectivity index (χ1n) is 6.38. The second-order valence-corrected chi connectivity index (χ2v) is 4.38. The van der Waals surface area contributed by atoms with Crippen LogP contribution in [-0.4, -0.2) is 42.1 Å². The van der Waals surface area contributed by atoms with Gasteiger partial charge < -0.3 is 15.6 Å². The summed E-state index contributed by atoms with van der Waals surface area (Å²) in [5.74, 6) is -2.91. The number of carbonyl (C=O) groups is 3. The van der Waals surface area contributed by atoms with E-state index in [4.69, 9.17) is 10.8 Å². The maximum atomic E-state index is 12.2. The molecule has 1 unspecified atom stereocenters. The number of carbonyl (C=O) groups excluding carboxylic acids is 2. The summed E-state index contributed by atoms with van der Waals surface area (Å²) in [7, 11) is 0. The lowest BCUT2D eigenvalue weighted by molar-refractivity contribution is -0.148. The Balaban J connectivity index is 3.01. The van der Waals surface area contributed by atoms with E-state index in [1.807, 2.05) is 6.92 Å². The topological polar surface area (TPSA) is 110 Å². The van der Waals surface area contributed by atoms with Gasteiger partial charge in [0.25, 0.3) is 5.91 Å². The van der Waals surface area contributed by atoms with Gasteiger partial charge in [-0.1, -0.05) is 17.7 Å². The molecule has 21 heavy (non-hydrogen) atoms. The van der Waals surface area contributed by atoms with Crippen LogP contribution < -0.4 is 10.6 Å². The van der Waals surface area contributed by atoms with Crippen molar-refractivity contribution in [2.45, 2.75) is 19.9 Å². The van der Waals surface area contributed by atoms with E-state index in [0.717, 1.165) is 10.5 Å². The molecule has 0 aromatic heterocycles. The molecule has 1 atom stereocenters. The van der Waals surface area contributed by atoms with Crippen LogP contribution in [0.3, 0.4) is 0 Å². The van der Waals surface area contributed by atoms with Crippen molar-refractivity contribution in [2.75, 3.05) is 18.1 Å². The van der Waals surface area contributed by atoms with E-state index in [1.54, 1.807) is 31.2 Å². The van der Waals surface area contributed by atoms with Crippen molar-refractivity contribution >= 4 is 23.5 Å². The van der Waals surface area contributed by atoms with Gasteiger partial charge in [-0.3, -0.25) is 14.5 Å². The largest absolute Gasteiger partial charge is 0.480 e. The van der Waals surface area contributed by atoms with Crippen molar-refractivity contribution in [3.63, 3.8) is 0 Å². The van der Waals surface area contributed by atoms with Crippen LogP contribution in [0, 0.1) is 6.92 Å². The van der Waals surface area contributed by atoms with E-state index in [1.165, 1.54) is 0 Å². The molecule has 0 saturated heterocycles. The minimum atomic E-state index is -1.55. The minimum Gasteiger partial charge on any atom is -0.480 e. The third kappa shape index (κ3) is 4.57. The van der Waals surface area contributed by atoms with Crippen LogP contribution in [0.25, 0.3) is 0 Å². The number of benzene rings is 1. The Bertz CT molecular complexity index is 527. The second kappa shape index (κ2) is 7.39. The Labute approximate surface area is 122 Å². The predicted molar refractivity (Wildman–Crippen MR) is 75.8 cm³/mol. The van der Waals surface area contributed by atoms with Crippen molar-refractivity contribution in [2.24, 2.45) is 5.73 Å². The highest BCUT2D eigenvalue weighted by molar-refractivity contribution is 6.10. The monoisotopic (exact) mass is 294 g/mol. The summed E-state index contributed by atoms with van der Waals surface area (Å²) in [4.78, 5) is 35.6.